The first-order valence-electron chi connectivity index (χ1n) is 8.56. The maximum Gasteiger partial charge on any atom is 0.276 e. The Balaban J connectivity index is 1.64. The van der Waals surface area contributed by atoms with Gasteiger partial charge in [-0.05, 0) is 47.8 Å². The molecule has 5 nitrogen and oxygen atoms in total. The van der Waals surface area contributed by atoms with Crippen LogP contribution in [-0.2, 0) is 4.79 Å². The number of carbonyl (C=O) groups excluding carboxylic acids is 1. The van der Waals surface area contributed by atoms with Gasteiger partial charge >= 0.3 is 0 Å². The summed E-state index contributed by atoms with van der Waals surface area (Å²) in [7, 11) is 0. The summed E-state index contributed by atoms with van der Waals surface area (Å²) in [6, 6.07) is 11.2. The van der Waals surface area contributed by atoms with Crippen molar-refractivity contribution in [3.63, 3.8) is 0 Å². The molecule has 0 aliphatic heterocycles. The van der Waals surface area contributed by atoms with Crippen molar-refractivity contribution >= 4 is 56.5 Å². The fourth-order valence-electron chi connectivity index (χ4n) is 2.72. The molecule has 1 amide bonds. The van der Waals surface area contributed by atoms with Gasteiger partial charge in [0.1, 0.15) is 16.3 Å². The molecular formula is C20H12ClF2N3O2S2. The normalized spacial score (nSPS) is 11.0. The molecule has 0 atom stereocenters. The largest absolute Gasteiger partial charge is 0.323 e. The maximum absolute atomic E-state index is 13.7. The van der Waals surface area contributed by atoms with Gasteiger partial charge in [0.05, 0.1) is 22.6 Å². The van der Waals surface area contributed by atoms with Crippen LogP contribution in [0.1, 0.15) is 0 Å². The number of anilines is 1. The van der Waals surface area contributed by atoms with Gasteiger partial charge in [-0.3, -0.25) is 14.2 Å². The average Bonchev–Trinajstić information content (AvgIpc) is 3.19. The van der Waals surface area contributed by atoms with E-state index >= 15 is 0 Å². The lowest BCUT2D eigenvalue weighted by Crippen LogP contribution is -2.22. The number of nitrogens with zero attached hydrogens (tertiary/aromatic N) is 2. The Morgan fingerprint density at radius 3 is 2.70 bits per heavy atom. The van der Waals surface area contributed by atoms with Gasteiger partial charge in [0.15, 0.2) is 5.16 Å². The number of amides is 1. The smallest absolute Gasteiger partial charge is 0.276 e. The SMILES string of the molecule is O=C(CSc1nc2ccsc2c(=O)n1-c1ccc(Cl)cc1)Nc1cc(F)ccc1F. The molecule has 2 aromatic heterocycles. The highest BCUT2D eigenvalue weighted by Gasteiger charge is 2.16. The second-order valence-electron chi connectivity index (χ2n) is 6.11. The Morgan fingerprint density at radius 2 is 1.93 bits per heavy atom. The number of carbonyl (C=O) groups is 1. The van der Waals surface area contributed by atoms with Crippen LogP contribution in [0.3, 0.4) is 0 Å². The summed E-state index contributed by atoms with van der Waals surface area (Å²) in [4.78, 5) is 29.8. The van der Waals surface area contributed by atoms with Gasteiger partial charge in [0.2, 0.25) is 5.91 Å². The van der Waals surface area contributed by atoms with E-state index in [1.807, 2.05) is 0 Å². The van der Waals surface area contributed by atoms with E-state index in [1.54, 1.807) is 35.7 Å². The zero-order valence-corrected chi connectivity index (χ0v) is 17.5. The predicted octanol–water partition coefficient (Wildman–Crippen LogP) is 5.11. The molecule has 1 N–H and O–H groups in total. The van der Waals surface area contributed by atoms with E-state index < -0.39 is 17.5 Å². The lowest BCUT2D eigenvalue weighted by molar-refractivity contribution is -0.113. The van der Waals surface area contributed by atoms with E-state index in [9.17, 15) is 18.4 Å². The third-order valence-corrected chi connectivity index (χ3v) is 6.15. The highest BCUT2D eigenvalue weighted by Crippen LogP contribution is 2.25. The number of nitrogens with one attached hydrogen (secondary N) is 1. The Kier molecular flexibility index (Phi) is 5.85. The summed E-state index contributed by atoms with van der Waals surface area (Å²) < 4.78 is 28.9. The summed E-state index contributed by atoms with van der Waals surface area (Å²) in [5, 5.41) is 4.90. The third-order valence-electron chi connectivity index (χ3n) is 4.07. The van der Waals surface area contributed by atoms with Gasteiger partial charge in [-0.15, -0.1) is 11.3 Å². The first-order valence-corrected chi connectivity index (χ1v) is 10.8. The first kappa shape index (κ1) is 20.5. The second kappa shape index (κ2) is 8.55. The third kappa shape index (κ3) is 4.23. The van der Waals surface area contributed by atoms with Crippen LogP contribution >= 0.6 is 34.7 Å². The van der Waals surface area contributed by atoms with E-state index in [1.165, 1.54) is 15.9 Å². The molecule has 2 heterocycles. The molecule has 0 fully saturated rings. The van der Waals surface area contributed by atoms with Crippen molar-refractivity contribution in [2.45, 2.75) is 5.16 Å². The molecule has 10 heteroatoms. The summed E-state index contributed by atoms with van der Waals surface area (Å²) in [6.45, 7) is 0. The van der Waals surface area contributed by atoms with Crippen LogP contribution in [0.5, 0.6) is 0 Å². The standard InChI is InChI=1S/C20H12ClF2N3O2S2/c21-11-1-4-13(5-2-11)26-19(28)18-15(7-8-29-18)25-20(26)30-10-17(27)24-16-9-12(22)3-6-14(16)23/h1-9H,10H2,(H,24,27). The van der Waals surface area contributed by atoms with Crippen molar-refractivity contribution in [1.29, 1.82) is 0 Å². The molecule has 4 rings (SSSR count). The zero-order valence-electron chi connectivity index (χ0n) is 15.1. The van der Waals surface area contributed by atoms with Crippen molar-refractivity contribution in [3.05, 3.63) is 80.9 Å². The molecule has 0 spiro atoms. The molecule has 0 aliphatic carbocycles. The number of thiophene rings is 1. The molecule has 0 aliphatic rings. The minimum atomic E-state index is -0.745. The highest BCUT2D eigenvalue weighted by molar-refractivity contribution is 7.99. The van der Waals surface area contributed by atoms with Crippen molar-refractivity contribution in [2.75, 3.05) is 11.1 Å². The van der Waals surface area contributed by atoms with Crippen LogP contribution in [0.15, 0.2) is 63.9 Å². The first-order chi connectivity index (χ1) is 14.4. The van der Waals surface area contributed by atoms with E-state index in [0.29, 0.717) is 26.1 Å². The molecule has 0 bridgehead atoms. The maximum atomic E-state index is 13.7. The van der Waals surface area contributed by atoms with Gasteiger partial charge in [0.25, 0.3) is 5.56 Å². The second-order valence-corrected chi connectivity index (χ2v) is 8.40. The van der Waals surface area contributed by atoms with E-state index in [4.69, 9.17) is 11.6 Å². The van der Waals surface area contributed by atoms with E-state index in [2.05, 4.69) is 10.3 Å². The van der Waals surface area contributed by atoms with Crippen molar-refractivity contribution in [1.82, 2.24) is 9.55 Å². The summed E-state index contributed by atoms with van der Waals surface area (Å²) in [5.74, 6) is -2.14. The van der Waals surface area contributed by atoms with Crippen molar-refractivity contribution in [2.24, 2.45) is 0 Å². The molecular weight excluding hydrogens is 452 g/mol. The van der Waals surface area contributed by atoms with Gasteiger partial charge in [0, 0.05) is 11.1 Å². The number of fused-ring (bicyclic) bond motifs is 1. The number of hydrogen-bond acceptors (Lipinski definition) is 5. The Bertz CT molecular complexity index is 1310. The number of rotatable bonds is 5. The quantitative estimate of drug-likeness (QED) is 0.330. The monoisotopic (exact) mass is 463 g/mol. The fraction of sp³-hybridized carbons (Fsp3) is 0.0500. The lowest BCUT2D eigenvalue weighted by atomic mass is 10.3. The van der Waals surface area contributed by atoms with Crippen molar-refractivity contribution in [3.8, 4) is 5.69 Å². The molecule has 0 unspecified atom stereocenters. The topological polar surface area (TPSA) is 64.0 Å². The molecule has 0 saturated heterocycles. The summed E-state index contributed by atoms with van der Waals surface area (Å²) in [5.41, 5.74) is 0.550. The van der Waals surface area contributed by atoms with Gasteiger partial charge in [-0.1, -0.05) is 23.4 Å². The molecule has 2 aromatic carbocycles. The van der Waals surface area contributed by atoms with Gasteiger partial charge < -0.3 is 5.32 Å². The van der Waals surface area contributed by atoms with Gasteiger partial charge in [-0.2, -0.15) is 0 Å². The number of aromatic nitrogens is 2. The summed E-state index contributed by atoms with van der Waals surface area (Å²) >= 11 is 8.23. The molecule has 4 aromatic rings. The average molecular weight is 464 g/mol. The number of hydrogen-bond donors (Lipinski definition) is 1. The summed E-state index contributed by atoms with van der Waals surface area (Å²) in [6.07, 6.45) is 0. The minimum absolute atomic E-state index is 0.161. The Morgan fingerprint density at radius 1 is 1.17 bits per heavy atom. The molecule has 0 radical (unpaired) electrons. The predicted molar refractivity (Wildman–Crippen MR) is 116 cm³/mol. The van der Waals surface area contributed by atoms with E-state index in [-0.39, 0.29) is 17.0 Å². The lowest BCUT2D eigenvalue weighted by Gasteiger charge is -2.12. The number of halogens is 3. The number of benzene rings is 2. The van der Waals surface area contributed by atoms with Crippen LogP contribution < -0.4 is 10.9 Å². The fourth-order valence-corrected chi connectivity index (χ4v) is 4.41. The van der Waals surface area contributed by atoms with Crippen LogP contribution in [0.2, 0.25) is 5.02 Å². The van der Waals surface area contributed by atoms with Crippen molar-refractivity contribution < 1.29 is 13.6 Å². The minimum Gasteiger partial charge on any atom is -0.323 e. The Hall–Kier alpha value is -2.75. The highest BCUT2D eigenvalue weighted by atomic mass is 35.5. The van der Waals surface area contributed by atoms with Crippen LogP contribution in [0.4, 0.5) is 14.5 Å². The van der Waals surface area contributed by atoms with Crippen LogP contribution in [0.25, 0.3) is 15.9 Å². The van der Waals surface area contributed by atoms with E-state index in [0.717, 1.165) is 30.0 Å². The van der Waals surface area contributed by atoms with Crippen LogP contribution in [-0.4, -0.2) is 21.2 Å². The van der Waals surface area contributed by atoms with Crippen LogP contribution in [0, 0.1) is 11.6 Å². The molecule has 30 heavy (non-hydrogen) atoms. The number of thioether (sulfide) groups is 1. The zero-order chi connectivity index (χ0) is 21.3. The molecule has 152 valence electrons. The van der Waals surface area contributed by atoms with Gasteiger partial charge in [-0.25, -0.2) is 13.8 Å². The Labute approximate surface area is 182 Å². The molecule has 0 saturated carbocycles.